The van der Waals surface area contributed by atoms with Crippen molar-refractivity contribution in [1.82, 2.24) is 5.32 Å². The normalized spacial score (nSPS) is 24.3. The Morgan fingerprint density at radius 3 is 2.60 bits per heavy atom. The molecule has 0 radical (unpaired) electrons. The van der Waals surface area contributed by atoms with Crippen LogP contribution in [0.5, 0.6) is 0 Å². The average molecular weight is 143 g/mol. The van der Waals surface area contributed by atoms with Gasteiger partial charge in [-0.2, -0.15) is 0 Å². The SMILES string of the molecule is COC(C)CNC1(C)CC1. The maximum atomic E-state index is 5.11. The quantitative estimate of drug-likeness (QED) is 0.637. The van der Waals surface area contributed by atoms with E-state index in [9.17, 15) is 0 Å². The van der Waals surface area contributed by atoms with Crippen LogP contribution in [0.2, 0.25) is 0 Å². The Kier molecular flexibility index (Phi) is 2.32. The summed E-state index contributed by atoms with van der Waals surface area (Å²) in [6.45, 7) is 5.32. The molecule has 10 heavy (non-hydrogen) atoms. The highest BCUT2D eigenvalue weighted by Crippen LogP contribution is 2.33. The van der Waals surface area contributed by atoms with Crippen LogP contribution in [0.1, 0.15) is 26.7 Å². The molecule has 0 amide bonds. The zero-order valence-electron chi connectivity index (χ0n) is 7.11. The fourth-order valence-corrected chi connectivity index (χ4v) is 0.838. The molecule has 2 nitrogen and oxygen atoms in total. The summed E-state index contributed by atoms with van der Waals surface area (Å²) in [5, 5.41) is 3.46. The zero-order valence-corrected chi connectivity index (χ0v) is 7.11. The van der Waals surface area contributed by atoms with Gasteiger partial charge in [0.25, 0.3) is 0 Å². The Hall–Kier alpha value is -0.0800. The number of nitrogens with one attached hydrogen (secondary N) is 1. The zero-order chi connectivity index (χ0) is 7.61. The molecular weight excluding hydrogens is 126 g/mol. The van der Waals surface area contributed by atoms with Gasteiger partial charge < -0.3 is 10.1 Å². The molecule has 1 saturated carbocycles. The highest BCUT2D eigenvalue weighted by molar-refractivity contribution is 4.97. The Bertz CT molecular complexity index is 110. The van der Waals surface area contributed by atoms with E-state index in [0.29, 0.717) is 11.6 Å². The third-order valence-electron chi connectivity index (χ3n) is 2.22. The van der Waals surface area contributed by atoms with E-state index >= 15 is 0 Å². The minimum atomic E-state index is 0.345. The summed E-state index contributed by atoms with van der Waals surface area (Å²) in [4.78, 5) is 0. The number of rotatable bonds is 4. The van der Waals surface area contributed by atoms with Crippen molar-refractivity contribution in [3.63, 3.8) is 0 Å². The molecule has 60 valence electrons. The summed E-state index contributed by atoms with van der Waals surface area (Å²) < 4.78 is 5.11. The van der Waals surface area contributed by atoms with Gasteiger partial charge in [0.05, 0.1) is 6.10 Å². The van der Waals surface area contributed by atoms with Crippen LogP contribution in [0, 0.1) is 0 Å². The Morgan fingerprint density at radius 1 is 1.60 bits per heavy atom. The summed E-state index contributed by atoms with van der Waals surface area (Å²) in [5.74, 6) is 0. The fraction of sp³-hybridized carbons (Fsp3) is 1.00. The molecule has 1 aliphatic carbocycles. The van der Waals surface area contributed by atoms with Gasteiger partial charge in [0.15, 0.2) is 0 Å². The maximum Gasteiger partial charge on any atom is 0.0667 e. The Morgan fingerprint density at radius 2 is 2.20 bits per heavy atom. The van der Waals surface area contributed by atoms with Gasteiger partial charge in [0.2, 0.25) is 0 Å². The van der Waals surface area contributed by atoms with E-state index in [4.69, 9.17) is 4.74 Å². The first kappa shape index (κ1) is 8.02. The number of hydrogen-bond donors (Lipinski definition) is 1. The van der Waals surface area contributed by atoms with Crippen molar-refractivity contribution in [3.05, 3.63) is 0 Å². The van der Waals surface area contributed by atoms with Gasteiger partial charge in [0, 0.05) is 19.2 Å². The second-order valence-electron chi connectivity index (χ2n) is 3.49. The standard InChI is InChI=1S/C8H17NO/c1-7(10-3)6-9-8(2)4-5-8/h7,9H,4-6H2,1-3H3. The molecule has 1 unspecified atom stereocenters. The molecule has 1 rings (SSSR count). The van der Waals surface area contributed by atoms with Crippen LogP contribution in [0.3, 0.4) is 0 Å². The van der Waals surface area contributed by atoms with Crippen LogP contribution in [0.15, 0.2) is 0 Å². The first-order chi connectivity index (χ1) is 4.66. The lowest BCUT2D eigenvalue weighted by Gasteiger charge is -2.14. The van der Waals surface area contributed by atoms with Gasteiger partial charge in [-0.3, -0.25) is 0 Å². The predicted molar refractivity (Wildman–Crippen MR) is 42.1 cm³/mol. The van der Waals surface area contributed by atoms with Crippen molar-refractivity contribution in [2.45, 2.75) is 38.3 Å². The smallest absolute Gasteiger partial charge is 0.0667 e. The van der Waals surface area contributed by atoms with E-state index in [1.165, 1.54) is 12.8 Å². The average Bonchev–Trinajstić information content (AvgIpc) is 2.64. The molecule has 2 heteroatoms. The monoisotopic (exact) mass is 143 g/mol. The molecule has 1 fully saturated rings. The highest BCUT2D eigenvalue weighted by Gasteiger charge is 2.36. The van der Waals surface area contributed by atoms with Crippen LogP contribution >= 0.6 is 0 Å². The van der Waals surface area contributed by atoms with E-state index in [0.717, 1.165) is 6.54 Å². The molecular formula is C8H17NO. The van der Waals surface area contributed by atoms with Crippen LogP contribution in [0.4, 0.5) is 0 Å². The molecule has 0 aromatic heterocycles. The summed E-state index contributed by atoms with van der Waals surface area (Å²) in [7, 11) is 1.75. The second-order valence-corrected chi connectivity index (χ2v) is 3.49. The van der Waals surface area contributed by atoms with Crippen molar-refractivity contribution >= 4 is 0 Å². The minimum absolute atomic E-state index is 0.345. The minimum Gasteiger partial charge on any atom is -0.380 e. The lowest BCUT2D eigenvalue weighted by Crippen LogP contribution is -2.34. The topological polar surface area (TPSA) is 21.3 Å². The first-order valence-corrected chi connectivity index (χ1v) is 3.94. The second kappa shape index (κ2) is 2.89. The van der Waals surface area contributed by atoms with Crippen molar-refractivity contribution in [3.8, 4) is 0 Å². The highest BCUT2D eigenvalue weighted by atomic mass is 16.5. The van der Waals surface area contributed by atoms with Gasteiger partial charge in [0.1, 0.15) is 0 Å². The third-order valence-corrected chi connectivity index (χ3v) is 2.22. The van der Waals surface area contributed by atoms with Crippen molar-refractivity contribution < 1.29 is 4.74 Å². The summed E-state index contributed by atoms with van der Waals surface area (Å²) >= 11 is 0. The maximum absolute atomic E-state index is 5.11. The van der Waals surface area contributed by atoms with Gasteiger partial charge in [-0.25, -0.2) is 0 Å². The third kappa shape index (κ3) is 2.27. The van der Waals surface area contributed by atoms with Crippen molar-refractivity contribution in [1.29, 1.82) is 0 Å². The van der Waals surface area contributed by atoms with Gasteiger partial charge in [-0.1, -0.05) is 0 Å². The molecule has 0 saturated heterocycles. The molecule has 0 heterocycles. The molecule has 1 atom stereocenters. The largest absolute Gasteiger partial charge is 0.380 e. The first-order valence-electron chi connectivity index (χ1n) is 3.94. The lowest BCUT2D eigenvalue weighted by molar-refractivity contribution is 0.114. The van der Waals surface area contributed by atoms with Crippen LogP contribution < -0.4 is 5.32 Å². The van der Waals surface area contributed by atoms with Crippen LogP contribution in [-0.2, 0) is 4.74 Å². The van der Waals surface area contributed by atoms with Crippen LogP contribution in [-0.4, -0.2) is 25.3 Å². The molecule has 0 aliphatic heterocycles. The Balaban J connectivity index is 2.04. The van der Waals surface area contributed by atoms with E-state index in [1.807, 2.05) is 0 Å². The van der Waals surface area contributed by atoms with Gasteiger partial charge in [-0.05, 0) is 26.7 Å². The van der Waals surface area contributed by atoms with Gasteiger partial charge in [-0.15, -0.1) is 0 Å². The molecule has 0 bridgehead atoms. The van der Waals surface area contributed by atoms with Crippen molar-refractivity contribution in [2.24, 2.45) is 0 Å². The molecule has 0 aromatic rings. The summed E-state index contributed by atoms with van der Waals surface area (Å²) in [6, 6.07) is 0. The molecule has 0 spiro atoms. The van der Waals surface area contributed by atoms with Gasteiger partial charge >= 0.3 is 0 Å². The predicted octanol–water partition coefficient (Wildman–Crippen LogP) is 1.16. The summed E-state index contributed by atoms with van der Waals surface area (Å²) in [6.07, 6.45) is 2.99. The van der Waals surface area contributed by atoms with E-state index in [2.05, 4.69) is 19.2 Å². The van der Waals surface area contributed by atoms with Crippen molar-refractivity contribution in [2.75, 3.05) is 13.7 Å². The fourth-order valence-electron chi connectivity index (χ4n) is 0.838. The molecule has 1 N–H and O–H groups in total. The number of ether oxygens (including phenoxy) is 1. The van der Waals surface area contributed by atoms with E-state index in [-0.39, 0.29) is 0 Å². The Labute approximate surface area is 63.0 Å². The summed E-state index contributed by atoms with van der Waals surface area (Å²) in [5.41, 5.74) is 0.451. The van der Waals surface area contributed by atoms with Crippen LogP contribution in [0.25, 0.3) is 0 Å². The van der Waals surface area contributed by atoms with E-state index < -0.39 is 0 Å². The van der Waals surface area contributed by atoms with E-state index in [1.54, 1.807) is 7.11 Å². The molecule has 1 aliphatic rings. The number of methoxy groups -OCH3 is 1. The number of hydrogen-bond acceptors (Lipinski definition) is 2. The lowest BCUT2D eigenvalue weighted by atomic mass is 10.3. The molecule has 0 aromatic carbocycles.